The molecule has 3 heterocycles. The van der Waals surface area contributed by atoms with E-state index in [4.69, 9.17) is 4.74 Å². The maximum absolute atomic E-state index is 14.0. The van der Waals surface area contributed by atoms with Crippen molar-refractivity contribution in [1.82, 2.24) is 19.8 Å². The molecule has 3 amide bonds. The molecule has 2 fully saturated rings. The number of benzene rings is 2. The lowest BCUT2D eigenvalue weighted by Crippen LogP contribution is -2.45. The van der Waals surface area contributed by atoms with Crippen LogP contribution in [-0.4, -0.2) is 64.4 Å². The number of fused-ring (bicyclic) bond motifs is 1. The molecule has 46 heavy (non-hydrogen) atoms. The molecule has 4 aromatic rings. The van der Waals surface area contributed by atoms with Gasteiger partial charge in [-0.05, 0) is 61.7 Å². The highest BCUT2D eigenvalue weighted by Crippen LogP contribution is 2.36. The topological polar surface area (TPSA) is 112 Å². The molecule has 1 aliphatic carbocycles. The number of ether oxygens (including phenoxy) is 1. The molecule has 0 unspecified atom stereocenters. The summed E-state index contributed by atoms with van der Waals surface area (Å²) in [7, 11) is 0. The number of hydrogen-bond acceptors (Lipinski definition) is 8. The summed E-state index contributed by atoms with van der Waals surface area (Å²) in [6.45, 7) is 8.06. The molecule has 6 rings (SSSR count). The van der Waals surface area contributed by atoms with Gasteiger partial charge in [-0.3, -0.25) is 9.69 Å². The van der Waals surface area contributed by atoms with Crippen molar-refractivity contribution < 1.29 is 27.5 Å². The van der Waals surface area contributed by atoms with E-state index in [2.05, 4.69) is 37.7 Å². The van der Waals surface area contributed by atoms with E-state index < -0.39 is 17.8 Å². The highest BCUT2D eigenvalue weighted by molar-refractivity contribution is 7.21. The molecule has 1 saturated carbocycles. The Labute approximate surface area is 268 Å². The monoisotopic (exact) mass is 653 g/mol. The van der Waals surface area contributed by atoms with E-state index in [9.17, 15) is 22.8 Å². The number of aromatic nitrogens is 2. The van der Waals surface area contributed by atoms with Crippen LogP contribution in [-0.2, 0) is 17.5 Å². The molecule has 2 aromatic carbocycles. The number of anilines is 3. The Kier molecular flexibility index (Phi) is 9.11. The van der Waals surface area contributed by atoms with E-state index in [1.165, 1.54) is 23.5 Å². The van der Waals surface area contributed by atoms with Crippen LogP contribution in [0.3, 0.4) is 0 Å². The van der Waals surface area contributed by atoms with Crippen molar-refractivity contribution in [3.8, 4) is 11.6 Å². The van der Waals surface area contributed by atoms with E-state index in [1.54, 1.807) is 30.3 Å². The number of likely N-dealkylation sites (N-methyl/N-ethyl adjacent to an activating group) is 1. The first kappa shape index (κ1) is 31.7. The second-order valence-corrected chi connectivity index (χ2v) is 12.5. The number of halogens is 3. The Hall–Kier alpha value is -4.27. The van der Waals surface area contributed by atoms with Crippen LogP contribution in [0.15, 0.2) is 48.5 Å². The summed E-state index contributed by atoms with van der Waals surface area (Å²) in [6, 6.07) is 11.6. The van der Waals surface area contributed by atoms with Crippen LogP contribution in [0.4, 0.5) is 34.5 Å². The predicted octanol–water partition coefficient (Wildman–Crippen LogP) is 6.94. The Morgan fingerprint density at radius 1 is 0.935 bits per heavy atom. The van der Waals surface area contributed by atoms with Gasteiger partial charge in [0.15, 0.2) is 5.13 Å². The molecule has 1 aliphatic heterocycles. The second-order valence-electron chi connectivity index (χ2n) is 11.5. The zero-order chi connectivity index (χ0) is 32.4. The van der Waals surface area contributed by atoms with Crippen molar-refractivity contribution in [3.05, 3.63) is 65.2 Å². The molecule has 2 aliphatic rings. The van der Waals surface area contributed by atoms with Gasteiger partial charge in [-0.2, -0.15) is 13.2 Å². The normalized spacial score (nSPS) is 15.9. The van der Waals surface area contributed by atoms with Gasteiger partial charge < -0.3 is 25.6 Å². The number of aryl methyl sites for hydroxylation is 1. The number of urea groups is 1. The number of alkyl halides is 3. The third-order valence-electron chi connectivity index (χ3n) is 8.05. The predicted molar refractivity (Wildman–Crippen MR) is 171 cm³/mol. The quantitative estimate of drug-likeness (QED) is 0.179. The van der Waals surface area contributed by atoms with Gasteiger partial charge in [0.05, 0.1) is 5.56 Å². The Morgan fingerprint density at radius 2 is 1.63 bits per heavy atom. The Balaban J connectivity index is 1.10. The molecule has 0 bridgehead atoms. The van der Waals surface area contributed by atoms with Gasteiger partial charge in [0.1, 0.15) is 16.1 Å². The number of pyridine rings is 1. The van der Waals surface area contributed by atoms with Crippen LogP contribution in [0.5, 0.6) is 11.6 Å². The molecule has 14 heteroatoms. The fourth-order valence-corrected chi connectivity index (χ4v) is 6.05. The van der Waals surface area contributed by atoms with E-state index in [-0.39, 0.29) is 29.6 Å². The summed E-state index contributed by atoms with van der Waals surface area (Å²) in [5, 5.41) is 8.49. The first-order chi connectivity index (χ1) is 22.0. The number of nitrogens with one attached hydrogen (secondary N) is 3. The Bertz CT molecular complexity index is 1750. The summed E-state index contributed by atoms with van der Waals surface area (Å²) >= 11 is 1.25. The number of hydrogen-bond donors (Lipinski definition) is 3. The lowest BCUT2D eigenvalue weighted by Gasteiger charge is -2.34. The van der Waals surface area contributed by atoms with Crippen molar-refractivity contribution in [3.63, 3.8) is 0 Å². The van der Waals surface area contributed by atoms with Crippen LogP contribution in [0.1, 0.15) is 36.5 Å². The third-order valence-corrected chi connectivity index (χ3v) is 8.93. The minimum atomic E-state index is -4.57. The van der Waals surface area contributed by atoms with Crippen molar-refractivity contribution in [2.24, 2.45) is 5.92 Å². The van der Waals surface area contributed by atoms with E-state index >= 15 is 0 Å². The number of piperazine rings is 1. The van der Waals surface area contributed by atoms with Crippen molar-refractivity contribution in [1.29, 1.82) is 0 Å². The zero-order valence-electron chi connectivity index (χ0n) is 25.4. The standard InChI is InChI=1S/C32H34F3N7O3S/c1-3-41-12-14-42(15-13-41)18-21-7-9-22(16-24(21)32(33,34)35)36-30(44)37-23-8-4-19(2)26(17-23)45-27-11-10-25-29(39-27)46-31(38-25)40-28(43)20-5-6-20/h4,7-11,16-17,20H,3,5-6,12-15,18H2,1-2H3,(H2,36,37,44)(H,38,40,43). The molecule has 2 aromatic heterocycles. The summed E-state index contributed by atoms with van der Waals surface area (Å²) < 4.78 is 48.1. The molecular formula is C32H34F3N7O3S. The molecule has 0 spiro atoms. The minimum Gasteiger partial charge on any atom is -0.439 e. The van der Waals surface area contributed by atoms with Gasteiger partial charge in [-0.15, -0.1) is 0 Å². The minimum absolute atomic E-state index is 0.0303. The molecule has 0 atom stereocenters. The van der Waals surface area contributed by atoms with Crippen molar-refractivity contribution in [2.45, 2.75) is 39.4 Å². The fourth-order valence-electron chi connectivity index (χ4n) is 5.22. The number of rotatable bonds is 9. The van der Waals surface area contributed by atoms with Gasteiger partial charge in [0.25, 0.3) is 0 Å². The van der Waals surface area contributed by atoms with Crippen LogP contribution < -0.4 is 20.7 Å². The summed E-state index contributed by atoms with van der Waals surface area (Å²) in [6.07, 6.45) is -2.78. The average Bonchev–Trinajstić information content (AvgIpc) is 3.80. The first-order valence-corrected chi connectivity index (χ1v) is 16.0. The number of thiazole rings is 1. The highest BCUT2D eigenvalue weighted by Gasteiger charge is 2.34. The van der Waals surface area contributed by atoms with Crippen LogP contribution >= 0.6 is 11.3 Å². The number of carbonyl (C=O) groups excluding carboxylic acids is 2. The molecular weight excluding hydrogens is 619 g/mol. The van der Waals surface area contributed by atoms with E-state index in [0.717, 1.165) is 44.1 Å². The number of nitrogens with zero attached hydrogens (tertiary/aromatic N) is 4. The third kappa shape index (κ3) is 7.74. The van der Waals surface area contributed by atoms with Gasteiger partial charge in [-0.25, -0.2) is 14.8 Å². The Morgan fingerprint density at radius 3 is 2.33 bits per heavy atom. The maximum atomic E-state index is 14.0. The van der Waals surface area contributed by atoms with Crippen LogP contribution in [0.2, 0.25) is 0 Å². The zero-order valence-corrected chi connectivity index (χ0v) is 26.2. The molecule has 0 radical (unpaired) electrons. The van der Waals surface area contributed by atoms with Gasteiger partial charge >= 0.3 is 12.2 Å². The molecule has 242 valence electrons. The number of carbonyl (C=O) groups is 2. The SMILES string of the molecule is CCN1CCN(Cc2ccc(NC(=O)Nc3ccc(C)c(Oc4ccc5nc(NC(=O)C6CC6)sc5n4)c3)cc2C(F)(F)F)CC1. The lowest BCUT2D eigenvalue weighted by atomic mass is 10.0. The molecule has 3 N–H and O–H groups in total. The highest BCUT2D eigenvalue weighted by atomic mass is 32.1. The lowest BCUT2D eigenvalue weighted by molar-refractivity contribution is -0.138. The fraction of sp³-hybridized carbons (Fsp3) is 0.375. The van der Waals surface area contributed by atoms with Gasteiger partial charge in [-0.1, -0.05) is 30.4 Å². The molecule has 10 nitrogen and oxygen atoms in total. The van der Waals surface area contributed by atoms with Gasteiger partial charge in [0.2, 0.25) is 11.8 Å². The van der Waals surface area contributed by atoms with Crippen LogP contribution in [0.25, 0.3) is 10.3 Å². The first-order valence-electron chi connectivity index (χ1n) is 15.1. The van der Waals surface area contributed by atoms with Gasteiger partial charge in [0, 0.05) is 62.1 Å². The van der Waals surface area contributed by atoms with E-state index in [0.29, 0.717) is 45.9 Å². The largest absolute Gasteiger partial charge is 0.439 e. The smallest absolute Gasteiger partial charge is 0.416 e. The van der Waals surface area contributed by atoms with Crippen LogP contribution in [0, 0.1) is 12.8 Å². The van der Waals surface area contributed by atoms with Crippen molar-refractivity contribution >= 4 is 50.1 Å². The summed E-state index contributed by atoms with van der Waals surface area (Å²) in [5.41, 5.74) is 1.22. The second kappa shape index (κ2) is 13.2. The molecule has 1 saturated heterocycles. The summed E-state index contributed by atoms with van der Waals surface area (Å²) in [5.74, 6) is 0.756. The average molecular weight is 654 g/mol. The van der Waals surface area contributed by atoms with Crippen molar-refractivity contribution in [2.75, 3.05) is 48.7 Å². The van der Waals surface area contributed by atoms with E-state index in [1.807, 2.05) is 11.8 Å². The summed E-state index contributed by atoms with van der Waals surface area (Å²) in [4.78, 5) is 38.7. The number of amides is 3. The maximum Gasteiger partial charge on any atom is 0.416 e.